The molecule has 0 aliphatic rings. The Morgan fingerprint density at radius 3 is 2.62 bits per heavy atom. The fourth-order valence-electron chi connectivity index (χ4n) is 2.25. The van der Waals surface area contributed by atoms with E-state index in [1.165, 1.54) is 11.0 Å². The van der Waals surface area contributed by atoms with Crippen molar-refractivity contribution < 1.29 is 9.72 Å². The van der Waals surface area contributed by atoms with Crippen LogP contribution < -0.4 is 5.32 Å². The van der Waals surface area contributed by atoms with Gasteiger partial charge in [-0.2, -0.15) is 0 Å². The van der Waals surface area contributed by atoms with E-state index in [9.17, 15) is 14.9 Å². The maximum Gasteiger partial charge on any atom is 0.269 e. The van der Waals surface area contributed by atoms with Crippen molar-refractivity contribution in [3.05, 3.63) is 39.9 Å². The second-order valence-electron chi connectivity index (χ2n) is 5.31. The molecule has 0 aliphatic heterocycles. The van der Waals surface area contributed by atoms with E-state index in [0.717, 1.165) is 18.4 Å². The van der Waals surface area contributed by atoms with Crippen LogP contribution in [0.15, 0.2) is 24.3 Å². The lowest BCUT2D eigenvalue weighted by Crippen LogP contribution is -2.43. The highest BCUT2D eigenvalue weighted by Crippen LogP contribution is 2.23. The van der Waals surface area contributed by atoms with Crippen molar-refractivity contribution in [2.45, 2.75) is 38.8 Å². The summed E-state index contributed by atoms with van der Waals surface area (Å²) >= 11 is 0. The molecule has 1 aromatic rings. The van der Waals surface area contributed by atoms with Gasteiger partial charge in [0.25, 0.3) is 5.69 Å². The molecule has 0 aromatic heterocycles. The molecular weight excluding hydrogens is 270 g/mol. The van der Waals surface area contributed by atoms with Crippen molar-refractivity contribution in [2.24, 2.45) is 0 Å². The number of non-ortho nitro benzene ring substituents is 1. The fraction of sp³-hybridized carbons (Fsp3) is 0.533. The molecule has 21 heavy (non-hydrogen) atoms. The number of hydrogen-bond acceptors (Lipinski definition) is 4. The van der Waals surface area contributed by atoms with Crippen LogP contribution >= 0.6 is 0 Å². The Bertz CT molecular complexity index is 503. The molecule has 0 saturated heterocycles. The van der Waals surface area contributed by atoms with E-state index >= 15 is 0 Å². The first-order valence-electron chi connectivity index (χ1n) is 7.08. The molecule has 116 valence electrons. The zero-order valence-electron chi connectivity index (χ0n) is 13.0. The molecule has 0 aliphatic carbocycles. The molecule has 0 saturated carbocycles. The summed E-state index contributed by atoms with van der Waals surface area (Å²) in [6, 6.07) is 6.16. The van der Waals surface area contributed by atoms with Gasteiger partial charge in [0.15, 0.2) is 0 Å². The van der Waals surface area contributed by atoms with Crippen LogP contribution in [-0.2, 0) is 4.79 Å². The summed E-state index contributed by atoms with van der Waals surface area (Å²) in [6.45, 7) is 3.85. The van der Waals surface area contributed by atoms with Crippen molar-refractivity contribution in [3.8, 4) is 0 Å². The minimum Gasteiger partial charge on any atom is -0.347 e. The molecule has 1 N–H and O–H groups in total. The van der Waals surface area contributed by atoms with E-state index in [1.807, 2.05) is 19.9 Å². The quantitative estimate of drug-likeness (QED) is 0.619. The molecule has 1 rings (SSSR count). The SMILES string of the molecule is CCCC(NC(C)C(=O)N(C)C)c1cccc([N+](=O)[O-])c1. The maximum atomic E-state index is 11.9. The van der Waals surface area contributed by atoms with Gasteiger partial charge in [-0.05, 0) is 18.9 Å². The van der Waals surface area contributed by atoms with Crippen molar-refractivity contribution in [2.75, 3.05) is 14.1 Å². The molecule has 0 heterocycles. The van der Waals surface area contributed by atoms with Gasteiger partial charge >= 0.3 is 0 Å². The number of nitro benzene ring substituents is 1. The lowest BCUT2D eigenvalue weighted by Gasteiger charge is -2.24. The van der Waals surface area contributed by atoms with Gasteiger partial charge in [-0.25, -0.2) is 0 Å². The standard InChI is InChI=1S/C15H23N3O3/c1-5-7-14(16-11(2)15(19)17(3)4)12-8-6-9-13(10-12)18(20)21/h6,8-11,14,16H,5,7H2,1-4H3. The van der Waals surface area contributed by atoms with E-state index < -0.39 is 4.92 Å². The Morgan fingerprint density at radius 1 is 1.43 bits per heavy atom. The summed E-state index contributed by atoms with van der Waals surface area (Å²) in [5.74, 6) is -0.0125. The molecule has 0 radical (unpaired) electrons. The summed E-state index contributed by atoms with van der Waals surface area (Å²) in [5, 5.41) is 14.1. The molecular formula is C15H23N3O3. The molecule has 6 nitrogen and oxygen atoms in total. The summed E-state index contributed by atoms with van der Waals surface area (Å²) in [4.78, 5) is 24.0. The summed E-state index contributed by atoms with van der Waals surface area (Å²) < 4.78 is 0. The summed E-state index contributed by atoms with van der Waals surface area (Å²) in [7, 11) is 3.42. The lowest BCUT2D eigenvalue weighted by molar-refractivity contribution is -0.384. The predicted molar refractivity (Wildman–Crippen MR) is 82.0 cm³/mol. The number of amides is 1. The Balaban J connectivity index is 2.93. The molecule has 2 unspecified atom stereocenters. The zero-order chi connectivity index (χ0) is 16.0. The molecule has 0 fully saturated rings. The van der Waals surface area contributed by atoms with E-state index in [-0.39, 0.29) is 23.7 Å². The first kappa shape index (κ1) is 17.1. The van der Waals surface area contributed by atoms with Crippen LogP contribution in [0.2, 0.25) is 0 Å². The number of likely N-dealkylation sites (N-methyl/N-ethyl adjacent to an activating group) is 1. The predicted octanol–water partition coefficient (Wildman–Crippen LogP) is 2.50. The van der Waals surface area contributed by atoms with Gasteiger partial charge in [0.05, 0.1) is 11.0 Å². The van der Waals surface area contributed by atoms with Crippen molar-refractivity contribution in [1.29, 1.82) is 0 Å². The topological polar surface area (TPSA) is 75.5 Å². The first-order chi connectivity index (χ1) is 9.86. The second kappa shape index (κ2) is 7.73. The Hall–Kier alpha value is -1.95. The Labute approximate surface area is 125 Å². The third kappa shape index (κ3) is 4.82. The average molecular weight is 293 g/mol. The normalized spacial score (nSPS) is 13.5. The minimum absolute atomic E-state index is 0.0125. The van der Waals surface area contributed by atoms with Crippen LogP contribution in [0.4, 0.5) is 5.69 Å². The summed E-state index contributed by atoms with van der Waals surface area (Å²) in [6.07, 6.45) is 1.73. The van der Waals surface area contributed by atoms with Gasteiger partial charge < -0.3 is 4.90 Å². The fourth-order valence-corrected chi connectivity index (χ4v) is 2.25. The number of nitro groups is 1. The van der Waals surface area contributed by atoms with E-state index in [1.54, 1.807) is 26.2 Å². The second-order valence-corrected chi connectivity index (χ2v) is 5.31. The largest absolute Gasteiger partial charge is 0.347 e. The monoisotopic (exact) mass is 293 g/mol. The van der Waals surface area contributed by atoms with Crippen LogP contribution in [0.25, 0.3) is 0 Å². The highest BCUT2D eigenvalue weighted by Gasteiger charge is 2.21. The molecule has 0 bridgehead atoms. The lowest BCUT2D eigenvalue weighted by atomic mass is 10.0. The van der Waals surface area contributed by atoms with Crippen LogP contribution in [0.5, 0.6) is 0 Å². The molecule has 1 amide bonds. The van der Waals surface area contributed by atoms with Gasteiger partial charge in [0.2, 0.25) is 5.91 Å². The number of benzene rings is 1. The minimum atomic E-state index is -0.402. The van der Waals surface area contributed by atoms with Crippen LogP contribution in [0, 0.1) is 10.1 Å². The zero-order valence-corrected chi connectivity index (χ0v) is 13.0. The van der Waals surface area contributed by atoms with E-state index in [0.29, 0.717) is 0 Å². The van der Waals surface area contributed by atoms with Crippen LogP contribution in [0.3, 0.4) is 0 Å². The van der Waals surface area contributed by atoms with Crippen molar-refractivity contribution >= 4 is 11.6 Å². The Morgan fingerprint density at radius 2 is 2.10 bits per heavy atom. The smallest absolute Gasteiger partial charge is 0.269 e. The molecule has 2 atom stereocenters. The number of nitrogens with zero attached hydrogens (tertiary/aromatic N) is 2. The highest BCUT2D eigenvalue weighted by atomic mass is 16.6. The van der Waals surface area contributed by atoms with E-state index in [4.69, 9.17) is 0 Å². The number of carbonyl (C=O) groups is 1. The number of nitrogens with one attached hydrogen (secondary N) is 1. The summed E-state index contributed by atoms with van der Waals surface area (Å²) in [5.41, 5.74) is 0.909. The Kier molecular flexibility index (Phi) is 6.30. The number of rotatable bonds is 7. The van der Waals surface area contributed by atoms with E-state index in [2.05, 4.69) is 5.32 Å². The van der Waals surface area contributed by atoms with Crippen molar-refractivity contribution in [1.82, 2.24) is 10.2 Å². The number of carbonyl (C=O) groups excluding carboxylic acids is 1. The third-order valence-electron chi connectivity index (χ3n) is 3.32. The van der Waals surface area contributed by atoms with Gasteiger partial charge in [-0.3, -0.25) is 20.2 Å². The van der Waals surface area contributed by atoms with Gasteiger partial charge in [-0.1, -0.05) is 25.5 Å². The molecule has 0 spiro atoms. The van der Waals surface area contributed by atoms with Crippen LogP contribution in [-0.4, -0.2) is 35.9 Å². The van der Waals surface area contributed by atoms with Gasteiger partial charge in [0.1, 0.15) is 0 Å². The average Bonchev–Trinajstić information content (AvgIpc) is 2.45. The molecule has 1 aromatic carbocycles. The molecule has 6 heteroatoms. The van der Waals surface area contributed by atoms with Gasteiger partial charge in [-0.15, -0.1) is 0 Å². The maximum absolute atomic E-state index is 11.9. The third-order valence-corrected chi connectivity index (χ3v) is 3.32. The van der Waals surface area contributed by atoms with Gasteiger partial charge in [0, 0.05) is 32.3 Å². The van der Waals surface area contributed by atoms with Crippen molar-refractivity contribution in [3.63, 3.8) is 0 Å². The number of hydrogen-bond donors (Lipinski definition) is 1. The van der Waals surface area contributed by atoms with Crippen LogP contribution in [0.1, 0.15) is 38.3 Å². The highest BCUT2D eigenvalue weighted by molar-refractivity contribution is 5.80. The first-order valence-corrected chi connectivity index (χ1v) is 7.08.